The van der Waals surface area contributed by atoms with E-state index in [1.165, 1.54) is 11.3 Å². The van der Waals surface area contributed by atoms with Crippen LogP contribution in [0, 0.1) is 13.8 Å². The number of benzene rings is 1. The molecule has 2 aromatic heterocycles. The second-order valence-electron chi connectivity index (χ2n) is 4.93. The molecule has 0 atom stereocenters. The molecule has 0 unspecified atom stereocenters. The predicted octanol–water partition coefficient (Wildman–Crippen LogP) is 3.75. The highest BCUT2D eigenvalue weighted by Gasteiger charge is 2.17. The average molecular weight is 297 g/mol. The molecule has 2 heterocycles. The van der Waals surface area contributed by atoms with E-state index in [-0.39, 0.29) is 5.91 Å². The number of nitrogens with one attached hydrogen (secondary N) is 1. The van der Waals surface area contributed by atoms with Crippen LogP contribution in [0.15, 0.2) is 36.5 Å². The summed E-state index contributed by atoms with van der Waals surface area (Å²) in [4.78, 5) is 17.1. The van der Waals surface area contributed by atoms with Gasteiger partial charge in [0.15, 0.2) is 0 Å². The van der Waals surface area contributed by atoms with Gasteiger partial charge in [-0.05, 0) is 38.1 Å². The molecule has 0 bridgehead atoms. The second-order valence-corrected chi connectivity index (χ2v) is 5.99. The third kappa shape index (κ3) is 2.48. The molecule has 1 amide bonds. The molecule has 0 aliphatic carbocycles. The van der Waals surface area contributed by atoms with E-state index in [0.717, 1.165) is 21.3 Å². The smallest absolute Gasteiger partial charge is 0.267 e. The SMILES string of the molecule is Cc1ccc2sc(C(=O)Nc3cccnc3C)c(N)c2c1. The zero-order valence-electron chi connectivity index (χ0n) is 11.8. The van der Waals surface area contributed by atoms with Crippen LogP contribution in [0.2, 0.25) is 0 Å². The molecule has 0 saturated carbocycles. The molecule has 0 spiro atoms. The molecule has 0 saturated heterocycles. The summed E-state index contributed by atoms with van der Waals surface area (Å²) in [6.07, 6.45) is 1.70. The van der Waals surface area contributed by atoms with Crippen molar-refractivity contribution in [2.24, 2.45) is 0 Å². The van der Waals surface area contributed by atoms with Crippen molar-refractivity contribution in [1.82, 2.24) is 4.98 Å². The fourth-order valence-corrected chi connectivity index (χ4v) is 3.19. The Balaban J connectivity index is 1.99. The van der Waals surface area contributed by atoms with Crippen LogP contribution in [0.1, 0.15) is 20.9 Å². The van der Waals surface area contributed by atoms with Gasteiger partial charge in [-0.3, -0.25) is 9.78 Å². The fraction of sp³-hybridized carbons (Fsp3) is 0.125. The monoisotopic (exact) mass is 297 g/mol. The average Bonchev–Trinajstić information content (AvgIpc) is 2.79. The highest BCUT2D eigenvalue weighted by molar-refractivity contribution is 7.21. The van der Waals surface area contributed by atoms with Crippen molar-refractivity contribution in [3.63, 3.8) is 0 Å². The van der Waals surface area contributed by atoms with Gasteiger partial charge in [0.25, 0.3) is 5.91 Å². The van der Waals surface area contributed by atoms with Crippen molar-refractivity contribution >= 4 is 38.7 Å². The highest BCUT2D eigenvalue weighted by Crippen LogP contribution is 2.34. The van der Waals surface area contributed by atoms with Gasteiger partial charge in [-0.1, -0.05) is 11.6 Å². The number of nitrogen functional groups attached to an aromatic ring is 1. The molecule has 3 rings (SSSR count). The largest absolute Gasteiger partial charge is 0.397 e. The Morgan fingerprint density at radius 2 is 2.10 bits per heavy atom. The van der Waals surface area contributed by atoms with Gasteiger partial charge in [0.05, 0.1) is 17.1 Å². The molecule has 21 heavy (non-hydrogen) atoms. The number of pyridine rings is 1. The van der Waals surface area contributed by atoms with E-state index in [1.54, 1.807) is 12.3 Å². The van der Waals surface area contributed by atoms with Crippen LogP contribution in [0.25, 0.3) is 10.1 Å². The number of amides is 1. The standard InChI is InChI=1S/C16H15N3OS/c1-9-5-6-13-11(8-9)14(17)15(21-13)16(20)19-12-4-3-7-18-10(12)2/h3-8H,17H2,1-2H3,(H,19,20). The van der Waals surface area contributed by atoms with Crippen molar-refractivity contribution in [2.45, 2.75) is 13.8 Å². The first-order valence-corrected chi connectivity index (χ1v) is 7.39. The van der Waals surface area contributed by atoms with Crippen molar-refractivity contribution in [2.75, 3.05) is 11.1 Å². The van der Waals surface area contributed by atoms with Gasteiger partial charge in [-0.15, -0.1) is 11.3 Å². The number of nitrogens with zero attached hydrogens (tertiary/aromatic N) is 1. The number of aromatic nitrogens is 1. The molecule has 1 aromatic carbocycles. The van der Waals surface area contributed by atoms with Crippen LogP contribution in [0.4, 0.5) is 11.4 Å². The Hall–Kier alpha value is -2.40. The lowest BCUT2D eigenvalue weighted by Gasteiger charge is -2.06. The Morgan fingerprint density at radius 3 is 2.86 bits per heavy atom. The Labute approximate surface area is 126 Å². The van der Waals surface area contributed by atoms with E-state index < -0.39 is 0 Å². The third-order valence-electron chi connectivity index (χ3n) is 3.34. The maximum absolute atomic E-state index is 12.4. The summed E-state index contributed by atoms with van der Waals surface area (Å²) in [6.45, 7) is 3.86. The molecular weight excluding hydrogens is 282 g/mol. The van der Waals surface area contributed by atoms with Gasteiger partial charge < -0.3 is 11.1 Å². The first-order valence-electron chi connectivity index (χ1n) is 6.58. The van der Waals surface area contributed by atoms with Gasteiger partial charge in [0, 0.05) is 16.3 Å². The number of carbonyl (C=O) groups excluding carboxylic acids is 1. The summed E-state index contributed by atoms with van der Waals surface area (Å²) in [7, 11) is 0. The summed E-state index contributed by atoms with van der Waals surface area (Å²) in [5, 5.41) is 3.81. The molecule has 0 fully saturated rings. The van der Waals surface area contributed by atoms with E-state index in [4.69, 9.17) is 5.73 Å². The molecule has 3 aromatic rings. The normalized spacial score (nSPS) is 10.8. The van der Waals surface area contributed by atoms with Crippen LogP contribution in [-0.2, 0) is 0 Å². The van der Waals surface area contributed by atoms with Crippen LogP contribution in [0.3, 0.4) is 0 Å². The van der Waals surface area contributed by atoms with Crippen LogP contribution < -0.4 is 11.1 Å². The molecule has 4 nitrogen and oxygen atoms in total. The topological polar surface area (TPSA) is 68.0 Å². The van der Waals surface area contributed by atoms with Crippen LogP contribution >= 0.6 is 11.3 Å². The lowest BCUT2D eigenvalue weighted by molar-refractivity contribution is 0.103. The summed E-state index contributed by atoms with van der Waals surface area (Å²) < 4.78 is 1.02. The zero-order chi connectivity index (χ0) is 15.0. The maximum Gasteiger partial charge on any atom is 0.267 e. The quantitative estimate of drug-likeness (QED) is 0.757. The van der Waals surface area contributed by atoms with E-state index in [2.05, 4.69) is 10.3 Å². The van der Waals surface area contributed by atoms with Crippen LogP contribution in [0.5, 0.6) is 0 Å². The molecule has 3 N–H and O–H groups in total. The number of anilines is 2. The third-order valence-corrected chi connectivity index (χ3v) is 4.53. The summed E-state index contributed by atoms with van der Waals surface area (Å²) >= 11 is 1.41. The number of rotatable bonds is 2. The first-order chi connectivity index (χ1) is 10.1. The number of hydrogen-bond acceptors (Lipinski definition) is 4. The summed E-state index contributed by atoms with van der Waals surface area (Å²) in [5.74, 6) is -0.192. The summed E-state index contributed by atoms with van der Waals surface area (Å²) in [6, 6.07) is 9.64. The first kappa shape index (κ1) is 13.6. The van der Waals surface area contributed by atoms with Crippen molar-refractivity contribution < 1.29 is 4.79 Å². The van der Waals surface area contributed by atoms with Gasteiger partial charge >= 0.3 is 0 Å². The Bertz CT molecular complexity index is 839. The predicted molar refractivity (Wildman–Crippen MR) is 87.9 cm³/mol. The van der Waals surface area contributed by atoms with E-state index in [9.17, 15) is 4.79 Å². The van der Waals surface area contributed by atoms with E-state index >= 15 is 0 Å². The molecule has 106 valence electrons. The molecule has 5 heteroatoms. The van der Waals surface area contributed by atoms with Crippen molar-refractivity contribution in [1.29, 1.82) is 0 Å². The van der Waals surface area contributed by atoms with Crippen molar-refractivity contribution in [3.05, 3.63) is 52.7 Å². The number of hydrogen-bond donors (Lipinski definition) is 2. The van der Waals surface area contributed by atoms with E-state index in [1.807, 2.05) is 38.1 Å². The van der Waals surface area contributed by atoms with E-state index in [0.29, 0.717) is 16.3 Å². The lowest BCUT2D eigenvalue weighted by atomic mass is 10.1. The number of fused-ring (bicyclic) bond motifs is 1. The van der Waals surface area contributed by atoms with Gasteiger partial charge in [0.1, 0.15) is 4.88 Å². The van der Waals surface area contributed by atoms with Crippen LogP contribution in [-0.4, -0.2) is 10.9 Å². The minimum absolute atomic E-state index is 0.192. The number of aryl methyl sites for hydroxylation is 2. The lowest BCUT2D eigenvalue weighted by Crippen LogP contribution is -2.13. The maximum atomic E-state index is 12.4. The summed E-state index contributed by atoms with van der Waals surface area (Å²) in [5.41, 5.74) is 9.28. The molecule has 0 aliphatic heterocycles. The Kier molecular flexibility index (Phi) is 3.35. The zero-order valence-corrected chi connectivity index (χ0v) is 12.6. The highest BCUT2D eigenvalue weighted by atomic mass is 32.1. The van der Waals surface area contributed by atoms with Gasteiger partial charge in [-0.2, -0.15) is 0 Å². The molecule has 0 aliphatic rings. The van der Waals surface area contributed by atoms with Crippen molar-refractivity contribution in [3.8, 4) is 0 Å². The minimum atomic E-state index is -0.192. The molecule has 0 radical (unpaired) electrons. The number of nitrogens with two attached hydrogens (primary N) is 1. The molecular formula is C16H15N3OS. The number of carbonyl (C=O) groups is 1. The number of thiophene rings is 1. The van der Waals surface area contributed by atoms with Gasteiger partial charge in [0.2, 0.25) is 0 Å². The second kappa shape index (κ2) is 5.18. The fourth-order valence-electron chi connectivity index (χ4n) is 2.19. The minimum Gasteiger partial charge on any atom is -0.397 e. The van der Waals surface area contributed by atoms with Gasteiger partial charge in [-0.25, -0.2) is 0 Å². The Morgan fingerprint density at radius 1 is 1.29 bits per heavy atom.